The third-order valence-electron chi connectivity index (χ3n) is 5.40. The van der Waals surface area contributed by atoms with Crippen molar-refractivity contribution >= 4 is 5.91 Å². The Bertz CT molecular complexity index is 951. The van der Waals surface area contributed by atoms with E-state index in [9.17, 15) is 9.90 Å². The maximum absolute atomic E-state index is 12.6. The summed E-state index contributed by atoms with van der Waals surface area (Å²) in [6.45, 7) is 2.46. The Morgan fingerprint density at radius 2 is 2.04 bits per heavy atom. The van der Waals surface area contributed by atoms with Crippen LogP contribution in [0.15, 0.2) is 66.9 Å². The number of carbonyl (C=O) groups excluding carboxylic acids is 1. The molecule has 5 heteroatoms. The topological polar surface area (TPSA) is 67.2 Å². The summed E-state index contributed by atoms with van der Waals surface area (Å²) in [5, 5.41) is 17.3. The molecule has 4 rings (SSSR count). The summed E-state index contributed by atoms with van der Waals surface area (Å²) in [4.78, 5) is 12.6. The molecule has 0 bridgehead atoms. The fourth-order valence-electron chi connectivity index (χ4n) is 3.64. The lowest BCUT2D eigenvalue weighted by molar-refractivity contribution is 0.0934. The van der Waals surface area contributed by atoms with E-state index in [-0.39, 0.29) is 17.9 Å². The lowest BCUT2D eigenvalue weighted by atomic mass is 9.99. The molecule has 1 fully saturated rings. The van der Waals surface area contributed by atoms with Gasteiger partial charge in [0.2, 0.25) is 0 Å². The van der Waals surface area contributed by atoms with Crippen molar-refractivity contribution in [3.8, 4) is 5.69 Å². The molecule has 1 saturated carbocycles. The Morgan fingerprint density at radius 3 is 2.74 bits per heavy atom. The number of hydrogen-bond donors (Lipinski definition) is 2. The lowest BCUT2D eigenvalue weighted by Crippen LogP contribution is -2.32. The third-order valence-corrected chi connectivity index (χ3v) is 5.40. The van der Waals surface area contributed by atoms with E-state index in [0.717, 1.165) is 17.8 Å². The minimum absolute atomic E-state index is 0.0689. The molecule has 3 aromatic rings. The quantitative estimate of drug-likeness (QED) is 0.709. The minimum atomic E-state index is -0.256. The van der Waals surface area contributed by atoms with Crippen LogP contribution >= 0.6 is 0 Å². The zero-order valence-electron chi connectivity index (χ0n) is 15.3. The average Bonchev–Trinajstić information content (AvgIpc) is 3.29. The summed E-state index contributed by atoms with van der Waals surface area (Å²) in [5.74, 6) is 0.162. The van der Waals surface area contributed by atoms with Crippen LogP contribution in [0.25, 0.3) is 5.69 Å². The van der Waals surface area contributed by atoms with Gasteiger partial charge in [0.15, 0.2) is 0 Å². The second-order valence-corrected chi connectivity index (χ2v) is 7.32. The molecule has 0 saturated heterocycles. The number of aliphatic hydroxyl groups is 1. The third kappa shape index (κ3) is 3.51. The van der Waals surface area contributed by atoms with E-state index in [1.165, 1.54) is 5.56 Å². The van der Waals surface area contributed by atoms with Gasteiger partial charge in [-0.25, -0.2) is 4.68 Å². The molecule has 2 unspecified atom stereocenters. The molecule has 2 N–H and O–H groups in total. The summed E-state index contributed by atoms with van der Waals surface area (Å²) in [6, 6.07) is 19.5. The molecule has 1 heterocycles. The molecule has 2 atom stereocenters. The number of nitrogens with zero attached hydrogens (tertiary/aromatic N) is 2. The van der Waals surface area contributed by atoms with Crippen molar-refractivity contribution in [3.05, 3.63) is 83.7 Å². The summed E-state index contributed by atoms with van der Waals surface area (Å²) in [7, 11) is 0. The summed E-state index contributed by atoms with van der Waals surface area (Å²) in [6.07, 6.45) is 2.77. The van der Waals surface area contributed by atoms with Crippen molar-refractivity contribution in [2.24, 2.45) is 5.41 Å². The van der Waals surface area contributed by atoms with E-state index >= 15 is 0 Å². The van der Waals surface area contributed by atoms with E-state index < -0.39 is 0 Å². The molecule has 27 heavy (non-hydrogen) atoms. The van der Waals surface area contributed by atoms with Crippen molar-refractivity contribution in [2.75, 3.05) is 13.2 Å². The molecule has 138 valence electrons. The molecule has 1 aliphatic carbocycles. The van der Waals surface area contributed by atoms with Crippen molar-refractivity contribution in [1.82, 2.24) is 15.1 Å². The largest absolute Gasteiger partial charge is 0.396 e. The lowest BCUT2D eigenvalue weighted by Gasteiger charge is -2.16. The Balaban J connectivity index is 1.44. The van der Waals surface area contributed by atoms with E-state index in [2.05, 4.69) is 22.5 Å². The molecule has 1 aromatic heterocycles. The van der Waals surface area contributed by atoms with E-state index in [1.807, 2.05) is 55.6 Å². The van der Waals surface area contributed by atoms with Gasteiger partial charge in [-0.1, -0.05) is 36.4 Å². The van der Waals surface area contributed by atoms with Gasteiger partial charge in [-0.2, -0.15) is 5.10 Å². The van der Waals surface area contributed by atoms with Crippen LogP contribution in [-0.2, 0) is 0 Å². The smallest absolute Gasteiger partial charge is 0.251 e. The zero-order valence-corrected chi connectivity index (χ0v) is 15.3. The van der Waals surface area contributed by atoms with Crippen LogP contribution < -0.4 is 5.32 Å². The highest BCUT2D eigenvalue weighted by Crippen LogP contribution is 2.58. The highest BCUT2D eigenvalue weighted by atomic mass is 16.3. The van der Waals surface area contributed by atoms with Crippen molar-refractivity contribution in [2.45, 2.75) is 19.3 Å². The monoisotopic (exact) mass is 361 g/mol. The van der Waals surface area contributed by atoms with Crippen LogP contribution in [0.3, 0.4) is 0 Å². The fourth-order valence-corrected chi connectivity index (χ4v) is 3.64. The number of carbonyl (C=O) groups is 1. The molecule has 0 spiro atoms. The normalized spacial score (nSPS) is 21.0. The SMILES string of the molecule is Cc1ccn(-c2cccc(C(=O)NCC3(CO)CC3c3ccccc3)c2)n1. The fraction of sp³-hybridized carbons (Fsp3) is 0.273. The second kappa shape index (κ2) is 7.00. The number of rotatable bonds is 6. The van der Waals surface area contributed by atoms with Crippen LogP contribution in [0.2, 0.25) is 0 Å². The number of aromatic nitrogens is 2. The minimum Gasteiger partial charge on any atom is -0.396 e. The predicted octanol–water partition coefficient (Wildman–Crippen LogP) is 3.08. The van der Waals surface area contributed by atoms with Gasteiger partial charge in [0.25, 0.3) is 5.91 Å². The molecule has 1 aliphatic rings. The van der Waals surface area contributed by atoms with Gasteiger partial charge in [0.05, 0.1) is 18.0 Å². The van der Waals surface area contributed by atoms with Crippen LogP contribution in [0.4, 0.5) is 0 Å². The van der Waals surface area contributed by atoms with Gasteiger partial charge < -0.3 is 10.4 Å². The summed E-state index contributed by atoms with van der Waals surface area (Å²) >= 11 is 0. The number of benzene rings is 2. The maximum atomic E-state index is 12.6. The van der Waals surface area contributed by atoms with Gasteiger partial charge in [-0.05, 0) is 49.1 Å². The predicted molar refractivity (Wildman–Crippen MR) is 104 cm³/mol. The van der Waals surface area contributed by atoms with Crippen molar-refractivity contribution in [1.29, 1.82) is 0 Å². The molecular weight excluding hydrogens is 338 g/mol. The van der Waals surface area contributed by atoms with E-state index in [0.29, 0.717) is 18.0 Å². The molecule has 0 aliphatic heterocycles. The van der Waals surface area contributed by atoms with Crippen LogP contribution in [0, 0.1) is 12.3 Å². The van der Waals surface area contributed by atoms with Crippen molar-refractivity contribution in [3.63, 3.8) is 0 Å². The maximum Gasteiger partial charge on any atom is 0.251 e. The molecular formula is C22H23N3O2. The molecule has 1 amide bonds. The molecule has 0 radical (unpaired) electrons. The Kier molecular flexibility index (Phi) is 4.54. The van der Waals surface area contributed by atoms with Gasteiger partial charge >= 0.3 is 0 Å². The van der Waals surface area contributed by atoms with Crippen LogP contribution in [0.1, 0.15) is 34.0 Å². The van der Waals surface area contributed by atoms with Gasteiger partial charge in [-0.15, -0.1) is 0 Å². The first-order valence-electron chi connectivity index (χ1n) is 9.18. The Labute approximate surface area is 158 Å². The highest BCUT2D eigenvalue weighted by Gasteiger charge is 2.54. The Hall–Kier alpha value is -2.92. The Morgan fingerprint density at radius 1 is 1.22 bits per heavy atom. The summed E-state index contributed by atoms with van der Waals surface area (Å²) in [5.41, 5.74) is 3.33. The average molecular weight is 361 g/mol. The molecule has 2 aromatic carbocycles. The van der Waals surface area contributed by atoms with Crippen LogP contribution in [0.5, 0.6) is 0 Å². The standard InChI is InChI=1S/C22H23N3O2/c1-16-10-11-25(24-16)19-9-5-8-18(12-19)21(27)23-14-22(15-26)13-20(22)17-6-3-2-4-7-17/h2-12,20,26H,13-15H2,1H3,(H,23,27). The number of nitrogens with one attached hydrogen (secondary N) is 1. The first kappa shape index (κ1) is 17.5. The van der Waals surface area contributed by atoms with Crippen molar-refractivity contribution < 1.29 is 9.90 Å². The highest BCUT2D eigenvalue weighted by molar-refractivity contribution is 5.94. The number of amides is 1. The van der Waals surface area contributed by atoms with E-state index in [1.54, 1.807) is 10.7 Å². The number of hydrogen-bond acceptors (Lipinski definition) is 3. The molecule has 5 nitrogen and oxygen atoms in total. The second-order valence-electron chi connectivity index (χ2n) is 7.32. The number of aryl methyl sites for hydroxylation is 1. The first-order valence-corrected chi connectivity index (χ1v) is 9.18. The zero-order chi connectivity index (χ0) is 18.9. The van der Waals surface area contributed by atoms with E-state index in [4.69, 9.17) is 0 Å². The van der Waals surface area contributed by atoms with Gasteiger partial charge in [0.1, 0.15) is 0 Å². The van der Waals surface area contributed by atoms with Crippen LogP contribution in [-0.4, -0.2) is 33.9 Å². The van der Waals surface area contributed by atoms with Gasteiger partial charge in [0, 0.05) is 23.7 Å². The first-order chi connectivity index (χ1) is 13.1. The van der Waals surface area contributed by atoms with Gasteiger partial charge in [-0.3, -0.25) is 4.79 Å². The summed E-state index contributed by atoms with van der Waals surface area (Å²) < 4.78 is 1.76. The number of aliphatic hydroxyl groups excluding tert-OH is 1.